The lowest BCUT2D eigenvalue weighted by atomic mass is 10.0. The number of carboxylic acids is 1. The van der Waals surface area contributed by atoms with Gasteiger partial charge in [0, 0.05) is 37.8 Å². The lowest BCUT2D eigenvalue weighted by molar-refractivity contribution is -0.139. The standard InChI is InChI=1S/C36H64N16O9/c1-18(2)13-25(51-31(58)24(9-10-26(38)53)48-29(56)21(37)14-20-15-43-17-47-20)33(60)50-22(7-5-11-44-35(39)40)30(57)49-23(8-6-12-45-36(41)42)32(59)52-28(19(3)4)34(61)46-16-27(54)55/h15,17-19,21-25,28H,5-14,16,37H2,1-4H3,(H2,38,53)(H,43,47)(H,46,61)(H,48,56)(H,49,57)(H,50,60)(H,51,58)(H,52,59)(H,54,55)(H4,39,40,44)(H4,41,42,45)/t21-,22-,23-,24-,25-,28-/m0/s1. The predicted octanol–water partition coefficient (Wildman–Crippen LogP) is -5.02. The highest BCUT2D eigenvalue weighted by Gasteiger charge is 2.34. The molecule has 20 N–H and O–H groups in total. The summed E-state index contributed by atoms with van der Waals surface area (Å²) in [7, 11) is 0. The zero-order valence-electron chi connectivity index (χ0n) is 35.1. The van der Waals surface area contributed by atoms with Crippen LogP contribution in [-0.2, 0) is 44.8 Å². The number of carbonyl (C=O) groups excluding carboxylic acids is 7. The Kier molecular flexibility index (Phi) is 23.5. The molecule has 0 aliphatic heterocycles. The van der Waals surface area contributed by atoms with E-state index >= 15 is 0 Å². The Hall–Kier alpha value is -6.53. The van der Waals surface area contributed by atoms with Crippen LogP contribution in [0, 0.1) is 11.8 Å². The van der Waals surface area contributed by atoms with E-state index in [1.165, 1.54) is 12.5 Å². The van der Waals surface area contributed by atoms with Crippen LogP contribution in [0.25, 0.3) is 0 Å². The molecule has 61 heavy (non-hydrogen) atoms. The molecule has 1 heterocycles. The smallest absolute Gasteiger partial charge is 0.322 e. The van der Waals surface area contributed by atoms with Crippen molar-refractivity contribution < 1.29 is 43.5 Å². The van der Waals surface area contributed by atoms with Crippen LogP contribution in [0.3, 0.4) is 0 Å². The molecule has 0 aliphatic rings. The minimum atomic E-state index is -1.34. The quantitative estimate of drug-likeness (QED) is 0.0204. The Balaban J connectivity index is 3.43. The number of nitrogens with one attached hydrogen (secondary N) is 7. The van der Waals surface area contributed by atoms with Gasteiger partial charge in [-0.1, -0.05) is 27.7 Å². The van der Waals surface area contributed by atoms with E-state index in [1.807, 2.05) is 0 Å². The fraction of sp³-hybridized carbons (Fsp3) is 0.639. The largest absolute Gasteiger partial charge is 0.480 e. The second kappa shape index (κ2) is 27.3. The average Bonchev–Trinajstić information content (AvgIpc) is 3.68. The molecule has 0 aliphatic carbocycles. The molecule has 0 saturated heterocycles. The molecular weight excluding hydrogens is 800 g/mol. The topological polar surface area (TPSA) is 438 Å². The molecule has 0 fully saturated rings. The minimum Gasteiger partial charge on any atom is -0.480 e. The molecule has 342 valence electrons. The Morgan fingerprint density at radius 3 is 1.61 bits per heavy atom. The van der Waals surface area contributed by atoms with Crippen LogP contribution in [0.1, 0.15) is 78.3 Å². The van der Waals surface area contributed by atoms with E-state index in [9.17, 15) is 38.4 Å². The number of guanidine groups is 2. The molecule has 7 amide bonds. The molecule has 0 unspecified atom stereocenters. The highest BCUT2D eigenvalue weighted by atomic mass is 16.4. The van der Waals surface area contributed by atoms with Crippen LogP contribution in [-0.4, -0.2) is 130 Å². The van der Waals surface area contributed by atoms with Crippen LogP contribution in [0.15, 0.2) is 22.5 Å². The van der Waals surface area contributed by atoms with E-state index in [0.717, 1.165) is 0 Å². The first-order valence-electron chi connectivity index (χ1n) is 19.7. The molecule has 25 heteroatoms. The molecule has 0 radical (unpaired) electrons. The number of imidazole rings is 1. The van der Waals surface area contributed by atoms with Crippen molar-refractivity contribution in [2.24, 2.45) is 56.2 Å². The molecule has 0 aromatic carbocycles. The molecule has 25 nitrogen and oxygen atoms in total. The van der Waals surface area contributed by atoms with E-state index in [-0.39, 0.29) is 82.3 Å². The number of amides is 7. The van der Waals surface area contributed by atoms with Crippen LogP contribution in [0.4, 0.5) is 0 Å². The van der Waals surface area contributed by atoms with E-state index in [0.29, 0.717) is 5.69 Å². The number of hydrogen-bond donors (Lipinski definition) is 14. The SMILES string of the molecule is CC(C)C[C@H](NC(=O)[C@H](CCC(N)=O)NC(=O)[C@@H](N)Cc1cnc[nH]1)C(=O)N[C@@H](CCCN=C(N)N)C(=O)N[C@@H](CCCN=C(N)N)C(=O)N[C@H](C(=O)NCC(=O)O)C(C)C. The third-order valence-corrected chi connectivity index (χ3v) is 8.80. The first-order chi connectivity index (χ1) is 28.6. The lowest BCUT2D eigenvalue weighted by Gasteiger charge is -2.28. The predicted molar refractivity (Wildman–Crippen MR) is 223 cm³/mol. The van der Waals surface area contributed by atoms with Gasteiger partial charge in [0.1, 0.15) is 36.8 Å². The molecule has 0 bridgehead atoms. The Morgan fingerprint density at radius 2 is 1.16 bits per heavy atom. The number of carboxylic acid groups (broad SMARTS) is 1. The summed E-state index contributed by atoms with van der Waals surface area (Å²) < 4.78 is 0. The number of nitrogens with zero attached hydrogens (tertiary/aromatic N) is 3. The molecule has 6 atom stereocenters. The second-order valence-corrected chi connectivity index (χ2v) is 15.0. The fourth-order valence-electron chi connectivity index (χ4n) is 5.69. The lowest BCUT2D eigenvalue weighted by Crippen LogP contribution is -2.60. The first-order valence-corrected chi connectivity index (χ1v) is 19.7. The molecule has 0 spiro atoms. The molecule has 1 aromatic rings. The van der Waals surface area contributed by atoms with Gasteiger partial charge in [0.05, 0.1) is 12.4 Å². The van der Waals surface area contributed by atoms with Gasteiger partial charge in [-0.15, -0.1) is 0 Å². The van der Waals surface area contributed by atoms with Gasteiger partial charge in [-0.05, 0) is 50.4 Å². The zero-order valence-corrected chi connectivity index (χ0v) is 35.1. The second-order valence-electron chi connectivity index (χ2n) is 15.0. The number of rotatable bonds is 29. The van der Waals surface area contributed by atoms with Crippen molar-refractivity contribution in [3.05, 3.63) is 18.2 Å². The van der Waals surface area contributed by atoms with Gasteiger partial charge in [0.15, 0.2) is 11.9 Å². The monoisotopic (exact) mass is 865 g/mol. The van der Waals surface area contributed by atoms with Crippen molar-refractivity contribution in [1.29, 1.82) is 0 Å². The maximum Gasteiger partial charge on any atom is 0.322 e. The summed E-state index contributed by atoms with van der Waals surface area (Å²) in [5, 5.41) is 24.2. The number of aromatic nitrogens is 2. The van der Waals surface area contributed by atoms with Gasteiger partial charge in [-0.2, -0.15) is 0 Å². The number of hydrogen-bond acceptors (Lipinski definition) is 12. The van der Waals surface area contributed by atoms with E-state index < -0.39 is 96.0 Å². The van der Waals surface area contributed by atoms with E-state index in [2.05, 4.69) is 51.9 Å². The Bertz CT molecular complexity index is 1680. The first kappa shape index (κ1) is 52.5. The number of aromatic amines is 1. The summed E-state index contributed by atoms with van der Waals surface area (Å²) in [6.07, 6.45) is 2.74. The minimum absolute atomic E-state index is 0.0411. The number of primary amides is 1. The van der Waals surface area contributed by atoms with Gasteiger partial charge in [0.2, 0.25) is 41.4 Å². The fourth-order valence-corrected chi connectivity index (χ4v) is 5.69. The third-order valence-electron chi connectivity index (χ3n) is 8.80. The number of aliphatic imine (C=N–C) groups is 2. The van der Waals surface area contributed by atoms with Gasteiger partial charge in [-0.25, -0.2) is 4.98 Å². The van der Waals surface area contributed by atoms with Gasteiger partial charge in [0.25, 0.3) is 0 Å². The van der Waals surface area contributed by atoms with Crippen molar-refractivity contribution in [2.75, 3.05) is 19.6 Å². The van der Waals surface area contributed by atoms with Crippen LogP contribution >= 0.6 is 0 Å². The maximum atomic E-state index is 14.0. The highest BCUT2D eigenvalue weighted by molar-refractivity contribution is 5.97. The van der Waals surface area contributed by atoms with E-state index in [1.54, 1.807) is 27.7 Å². The number of nitrogens with two attached hydrogens (primary N) is 6. The van der Waals surface area contributed by atoms with Crippen molar-refractivity contribution in [3.8, 4) is 0 Å². The van der Waals surface area contributed by atoms with Crippen molar-refractivity contribution in [3.63, 3.8) is 0 Å². The zero-order chi connectivity index (χ0) is 46.2. The maximum absolute atomic E-state index is 14.0. The summed E-state index contributed by atoms with van der Waals surface area (Å²) in [4.78, 5) is 119. The third kappa shape index (κ3) is 21.9. The van der Waals surface area contributed by atoms with Crippen molar-refractivity contribution in [1.82, 2.24) is 41.9 Å². The number of aliphatic carboxylic acids is 1. The van der Waals surface area contributed by atoms with Gasteiger partial charge >= 0.3 is 5.97 Å². The number of H-pyrrole nitrogens is 1. The molecule has 0 saturated carbocycles. The summed E-state index contributed by atoms with van der Waals surface area (Å²) in [5.74, 6) is -7.92. The van der Waals surface area contributed by atoms with Gasteiger partial charge in [-0.3, -0.25) is 48.3 Å². The van der Waals surface area contributed by atoms with Crippen LogP contribution < -0.4 is 66.3 Å². The summed E-state index contributed by atoms with van der Waals surface area (Å²) in [5.41, 5.74) is 33.8. The highest BCUT2D eigenvalue weighted by Crippen LogP contribution is 2.11. The molecule has 1 aromatic heterocycles. The van der Waals surface area contributed by atoms with Gasteiger partial charge < -0.3 is 76.4 Å². The number of carbonyl (C=O) groups is 8. The van der Waals surface area contributed by atoms with Crippen molar-refractivity contribution in [2.45, 2.75) is 115 Å². The van der Waals surface area contributed by atoms with Crippen LogP contribution in [0.5, 0.6) is 0 Å². The Labute approximate surface area is 353 Å². The summed E-state index contributed by atoms with van der Waals surface area (Å²) >= 11 is 0. The summed E-state index contributed by atoms with van der Waals surface area (Å²) in [6, 6.07) is -7.57. The van der Waals surface area contributed by atoms with Crippen LogP contribution in [0.2, 0.25) is 0 Å². The van der Waals surface area contributed by atoms with Crippen molar-refractivity contribution >= 4 is 59.2 Å². The molecular formula is C36H64N16O9. The van der Waals surface area contributed by atoms with E-state index in [4.69, 9.17) is 39.5 Å². The summed E-state index contributed by atoms with van der Waals surface area (Å²) in [6.45, 7) is 6.24. The Morgan fingerprint density at radius 1 is 0.689 bits per heavy atom. The normalized spacial score (nSPS) is 13.9. The molecule has 1 rings (SSSR count). The average molecular weight is 865 g/mol.